The number of rotatable bonds is 3. The first-order valence-electron chi connectivity index (χ1n) is 8.33. The lowest BCUT2D eigenvalue weighted by Gasteiger charge is -2.13. The van der Waals surface area contributed by atoms with Crippen molar-refractivity contribution >= 4 is 40.7 Å². The number of amides is 1. The van der Waals surface area contributed by atoms with Gasteiger partial charge >= 0.3 is 12.1 Å². The number of nitrogens with zero attached hydrogens (tertiary/aromatic N) is 2. The zero-order valence-electron chi connectivity index (χ0n) is 15.1. The summed E-state index contributed by atoms with van der Waals surface area (Å²) < 4.78 is 12.2. The van der Waals surface area contributed by atoms with E-state index in [0.29, 0.717) is 21.8 Å². The average molecular weight is 387 g/mol. The molecule has 7 nitrogen and oxygen atoms in total. The summed E-state index contributed by atoms with van der Waals surface area (Å²) in [6, 6.07) is 12.1. The predicted molar refractivity (Wildman–Crippen MR) is 105 cm³/mol. The number of hydrogen-bond donors (Lipinski definition) is 2. The Bertz CT molecular complexity index is 1010. The number of para-hydroxylation sites is 2. The molecule has 0 atom stereocenters. The highest BCUT2D eigenvalue weighted by atomic mass is 35.5. The van der Waals surface area contributed by atoms with Gasteiger partial charge in [0.15, 0.2) is 0 Å². The molecular formula is C19H19ClN4O3. The Morgan fingerprint density at radius 1 is 1.26 bits per heavy atom. The number of nitrogens with one attached hydrogen (secondary N) is 2. The first-order valence-corrected chi connectivity index (χ1v) is 8.71. The number of anilines is 1. The lowest BCUT2D eigenvalue weighted by molar-refractivity contribution is 0.129. The normalized spacial score (nSPS) is 10.9. The van der Waals surface area contributed by atoms with Crippen molar-refractivity contribution in [2.45, 2.75) is 26.9 Å². The molecule has 0 spiro atoms. The fourth-order valence-corrected chi connectivity index (χ4v) is 2.61. The van der Waals surface area contributed by atoms with Gasteiger partial charge in [0, 0.05) is 5.02 Å². The fraction of sp³-hybridized carbons (Fsp3) is 0.211. The number of halogens is 1. The summed E-state index contributed by atoms with van der Waals surface area (Å²) in [4.78, 5) is 16.4. The largest absolute Gasteiger partial charge is 0.447 e. The zero-order valence-corrected chi connectivity index (χ0v) is 15.9. The number of aromatic nitrogens is 2. The van der Waals surface area contributed by atoms with Crippen LogP contribution in [0.3, 0.4) is 0 Å². The second-order valence-electron chi connectivity index (χ2n) is 6.16. The van der Waals surface area contributed by atoms with Crippen LogP contribution in [0.2, 0.25) is 5.02 Å². The molecule has 140 valence electrons. The van der Waals surface area contributed by atoms with E-state index in [-0.39, 0.29) is 18.1 Å². The number of imidazole rings is 1. The van der Waals surface area contributed by atoms with E-state index in [1.165, 1.54) is 4.57 Å². The van der Waals surface area contributed by atoms with Crippen LogP contribution in [0.25, 0.3) is 11.0 Å². The molecule has 8 heteroatoms. The Hall–Kier alpha value is -3.06. The third-order valence-electron chi connectivity index (χ3n) is 3.66. The molecule has 0 saturated heterocycles. The quantitative estimate of drug-likeness (QED) is 0.499. The van der Waals surface area contributed by atoms with E-state index < -0.39 is 6.09 Å². The summed E-state index contributed by atoms with van der Waals surface area (Å²) in [5, 5.41) is 11.6. The topological polar surface area (TPSA) is 89.2 Å². The zero-order chi connectivity index (χ0) is 19.6. The Morgan fingerprint density at radius 2 is 2.00 bits per heavy atom. The van der Waals surface area contributed by atoms with E-state index in [4.69, 9.17) is 26.5 Å². The molecule has 2 aromatic carbocycles. The van der Waals surface area contributed by atoms with Crippen LogP contribution in [0.1, 0.15) is 19.4 Å². The number of fused-ring (bicyclic) bond motifs is 1. The van der Waals surface area contributed by atoms with E-state index in [2.05, 4.69) is 10.3 Å². The van der Waals surface area contributed by atoms with Crippen molar-refractivity contribution in [2.75, 3.05) is 5.32 Å². The summed E-state index contributed by atoms with van der Waals surface area (Å²) in [5.41, 5.74) is 2.06. The smallest absolute Gasteiger partial charge is 0.414 e. The van der Waals surface area contributed by atoms with Crippen LogP contribution in [0.15, 0.2) is 42.5 Å². The lowest BCUT2D eigenvalue weighted by atomic mass is 10.2. The number of aryl methyl sites for hydroxylation is 1. The van der Waals surface area contributed by atoms with Crippen LogP contribution in [0.5, 0.6) is 5.75 Å². The average Bonchev–Trinajstić information content (AvgIpc) is 2.95. The molecular weight excluding hydrogens is 368 g/mol. The Morgan fingerprint density at radius 3 is 2.70 bits per heavy atom. The van der Waals surface area contributed by atoms with Gasteiger partial charge in [-0.25, -0.2) is 14.3 Å². The molecule has 1 amide bonds. The third-order valence-corrected chi connectivity index (χ3v) is 4.09. The first kappa shape index (κ1) is 18.7. The summed E-state index contributed by atoms with van der Waals surface area (Å²) in [5.74, 6) is 0.591. The van der Waals surface area contributed by atoms with Gasteiger partial charge in [0.2, 0.25) is 5.95 Å². The molecule has 0 aliphatic rings. The summed E-state index contributed by atoms with van der Waals surface area (Å²) in [7, 11) is 0. The maximum Gasteiger partial charge on any atom is 0.414 e. The highest BCUT2D eigenvalue weighted by molar-refractivity contribution is 6.31. The van der Waals surface area contributed by atoms with Crippen molar-refractivity contribution in [3.05, 3.63) is 53.1 Å². The molecule has 0 fully saturated rings. The van der Waals surface area contributed by atoms with Gasteiger partial charge in [0.05, 0.1) is 17.1 Å². The van der Waals surface area contributed by atoms with Crippen LogP contribution < -0.4 is 10.1 Å². The van der Waals surface area contributed by atoms with Crippen molar-refractivity contribution in [3.8, 4) is 5.75 Å². The van der Waals surface area contributed by atoms with E-state index >= 15 is 0 Å². The molecule has 0 aliphatic heterocycles. The van der Waals surface area contributed by atoms with Crippen molar-refractivity contribution in [1.29, 1.82) is 5.41 Å². The van der Waals surface area contributed by atoms with E-state index in [9.17, 15) is 4.79 Å². The molecule has 2 N–H and O–H groups in total. The van der Waals surface area contributed by atoms with Gasteiger partial charge in [0.1, 0.15) is 5.75 Å². The van der Waals surface area contributed by atoms with E-state index in [0.717, 1.165) is 5.56 Å². The SMILES string of the molecule is Cc1cc(OC(=N)n2c(NC(=O)OC(C)C)nc3ccccc32)ccc1Cl. The van der Waals surface area contributed by atoms with E-state index in [1.54, 1.807) is 44.2 Å². The van der Waals surface area contributed by atoms with Gasteiger partial charge in [-0.1, -0.05) is 23.7 Å². The highest BCUT2D eigenvalue weighted by Crippen LogP contribution is 2.24. The van der Waals surface area contributed by atoms with Gasteiger partial charge in [-0.15, -0.1) is 0 Å². The Kier molecular flexibility index (Phi) is 5.32. The van der Waals surface area contributed by atoms with Gasteiger partial charge in [-0.3, -0.25) is 10.7 Å². The van der Waals surface area contributed by atoms with Gasteiger partial charge in [0.25, 0.3) is 0 Å². The summed E-state index contributed by atoms with van der Waals surface area (Å²) >= 11 is 6.03. The minimum Gasteiger partial charge on any atom is -0.447 e. The molecule has 0 radical (unpaired) electrons. The summed E-state index contributed by atoms with van der Waals surface area (Å²) in [6.45, 7) is 5.34. The molecule has 3 aromatic rings. The third kappa shape index (κ3) is 4.20. The molecule has 0 bridgehead atoms. The van der Waals surface area contributed by atoms with E-state index in [1.807, 2.05) is 19.1 Å². The van der Waals surface area contributed by atoms with Crippen LogP contribution in [-0.2, 0) is 4.74 Å². The van der Waals surface area contributed by atoms with Crippen molar-refractivity contribution < 1.29 is 14.3 Å². The maximum atomic E-state index is 12.0. The molecule has 0 aliphatic carbocycles. The first-order chi connectivity index (χ1) is 12.8. The number of ether oxygens (including phenoxy) is 2. The van der Waals surface area contributed by atoms with Crippen LogP contribution >= 0.6 is 11.6 Å². The number of benzene rings is 2. The molecule has 27 heavy (non-hydrogen) atoms. The van der Waals surface area contributed by atoms with Gasteiger partial charge < -0.3 is 9.47 Å². The standard InChI is InChI=1S/C19H19ClN4O3/c1-11(2)26-19(25)23-18-22-15-6-4-5-7-16(15)24(18)17(21)27-13-8-9-14(20)12(3)10-13/h4-11,21H,1-3H3,(H,22,23,25). The van der Waals surface area contributed by atoms with Crippen molar-refractivity contribution in [3.63, 3.8) is 0 Å². The van der Waals surface area contributed by atoms with Crippen molar-refractivity contribution in [1.82, 2.24) is 9.55 Å². The number of hydrogen-bond acceptors (Lipinski definition) is 5. The Labute approximate surface area is 161 Å². The van der Waals surface area contributed by atoms with Gasteiger partial charge in [-0.2, -0.15) is 0 Å². The molecule has 0 unspecified atom stereocenters. The minimum absolute atomic E-state index is 0.137. The maximum absolute atomic E-state index is 12.0. The fourth-order valence-electron chi connectivity index (χ4n) is 2.49. The highest BCUT2D eigenvalue weighted by Gasteiger charge is 2.19. The van der Waals surface area contributed by atoms with Crippen LogP contribution in [0, 0.1) is 12.3 Å². The number of carbonyl (C=O) groups is 1. The molecule has 1 heterocycles. The van der Waals surface area contributed by atoms with Crippen LogP contribution in [0.4, 0.5) is 10.7 Å². The molecule has 3 rings (SSSR count). The monoisotopic (exact) mass is 386 g/mol. The van der Waals surface area contributed by atoms with Crippen molar-refractivity contribution in [2.24, 2.45) is 0 Å². The summed E-state index contributed by atoms with van der Waals surface area (Å²) in [6.07, 6.45) is -0.938. The minimum atomic E-state index is -0.656. The second-order valence-corrected chi connectivity index (χ2v) is 6.56. The predicted octanol–water partition coefficient (Wildman–Crippen LogP) is 4.82. The van der Waals surface area contributed by atoms with Crippen LogP contribution in [-0.4, -0.2) is 27.8 Å². The Balaban J connectivity index is 1.95. The second kappa shape index (κ2) is 7.67. The lowest BCUT2D eigenvalue weighted by Crippen LogP contribution is -2.24. The molecule has 0 saturated carbocycles. The number of carbonyl (C=O) groups excluding carboxylic acids is 1. The van der Waals surface area contributed by atoms with Gasteiger partial charge in [-0.05, 0) is 56.7 Å². The molecule has 1 aromatic heterocycles.